The van der Waals surface area contributed by atoms with Crippen LogP contribution >= 0.6 is 0 Å². The minimum absolute atomic E-state index is 0.131. The van der Waals surface area contributed by atoms with Crippen molar-refractivity contribution in [2.75, 3.05) is 20.2 Å². The van der Waals surface area contributed by atoms with Crippen LogP contribution < -0.4 is 10.1 Å². The highest BCUT2D eigenvalue weighted by molar-refractivity contribution is 7.89. The number of rotatable bonds is 4. The van der Waals surface area contributed by atoms with Gasteiger partial charge in [-0.1, -0.05) is 24.3 Å². The highest BCUT2D eigenvalue weighted by Crippen LogP contribution is 2.32. The van der Waals surface area contributed by atoms with Gasteiger partial charge in [0, 0.05) is 31.5 Å². The maximum absolute atomic E-state index is 14.0. The Labute approximate surface area is 168 Å². The molecule has 0 bridgehead atoms. The van der Waals surface area contributed by atoms with Crippen molar-refractivity contribution in [3.63, 3.8) is 0 Å². The Hall–Kier alpha value is -2.78. The second kappa shape index (κ2) is 7.23. The fourth-order valence-electron chi connectivity index (χ4n) is 3.66. The number of nitrogens with one attached hydrogen (secondary N) is 1. The number of hydrogen-bond donors (Lipinski definition) is 1. The minimum atomic E-state index is -3.95. The summed E-state index contributed by atoms with van der Waals surface area (Å²) in [6.07, 6.45) is 0.611. The molecule has 2 aliphatic heterocycles. The molecule has 0 radical (unpaired) electrons. The predicted octanol–water partition coefficient (Wildman–Crippen LogP) is 1.93. The summed E-state index contributed by atoms with van der Waals surface area (Å²) >= 11 is 0. The van der Waals surface area contributed by atoms with Crippen LogP contribution in [0.2, 0.25) is 0 Å². The molecule has 2 aromatic carbocycles. The van der Waals surface area contributed by atoms with Gasteiger partial charge >= 0.3 is 0 Å². The Bertz CT molecular complexity index is 1090. The molecule has 0 aromatic heterocycles. The second-order valence-corrected chi connectivity index (χ2v) is 8.92. The quantitative estimate of drug-likeness (QED) is 0.824. The first-order valence-corrected chi connectivity index (χ1v) is 10.6. The Morgan fingerprint density at radius 1 is 1.14 bits per heavy atom. The van der Waals surface area contributed by atoms with Gasteiger partial charge in [-0.2, -0.15) is 4.31 Å². The maximum atomic E-state index is 14.0. The number of piperidine rings is 1. The molecule has 1 amide bonds. The lowest BCUT2D eigenvalue weighted by molar-refractivity contribution is -0.115. The molecule has 2 aromatic rings. The molecule has 29 heavy (non-hydrogen) atoms. The van der Waals surface area contributed by atoms with E-state index in [0.29, 0.717) is 29.9 Å². The van der Waals surface area contributed by atoms with E-state index in [4.69, 9.17) is 4.74 Å². The lowest BCUT2D eigenvalue weighted by Gasteiger charge is -2.36. The maximum Gasteiger partial charge on any atom is 0.272 e. The van der Waals surface area contributed by atoms with Gasteiger partial charge < -0.3 is 10.1 Å². The van der Waals surface area contributed by atoms with Gasteiger partial charge in [-0.05, 0) is 24.3 Å². The van der Waals surface area contributed by atoms with Gasteiger partial charge in [-0.15, -0.1) is 0 Å². The van der Waals surface area contributed by atoms with Gasteiger partial charge in [0.2, 0.25) is 10.0 Å². The molecule has 7 nitrogen and oxygen atoms in total. The average molecular weight is 417 g/mol. The van der Waals surface area contributed by atoms with Crippen molar-refractivity contribution >= 4 is 21.6 Å². The molecule has 2 heterocycles. The zero-order valence-corrected chi connectivity index (χ0v) is 16.6. The average Bonchev–Trinajstić information content (AvgIpc) is 3.04. The first-order chi connectivity index (χ1) is 13.8. The van der Waals surface area contributed by atoms with Gasteiger partial charge in [0.15, 0.2) is 0 Å². The Balaban J connectivity index is 1.55. The molecule has 4 rings (SSSR count). The topological polar surface area (TPSA) is 88.1 Å². The summed E-state index contributed by atoms with van der Waals surface area (Å²) in [5.41, 5.74) is 0.0888. The third kappa shape index (κ3) is 3.51. The number of sulfonamides is 1. The fraction of sp³-hybridized carbons (Fsp3) is 0.300. The number of ether oxygens (including phenoxy) is 1. The summed E-state index contributed by atoms with van der Waals surface area (Å²) in [6, 6.07) is 12.4. The lowest BCUT2D eigenvalue weighted by Crippen LogP contribution is -2.52. The first-order valence-electron chi connectivity index (χ1n) is 9.16. The molecule has 0 aliphatic carbocycles. The summed E-state index contributed by atoms with van der Waals surface area (Å²) in [4.78, 5) is 16.8. The Morgan fingerprint density at radius 3 is 2.55 bits per heavy atom. The molecule has 0 atom stereocenters. The molecule has 9 heteroatoms. The number of carbonyl (C=O) groups excluding carboxylic acids is 1. The highest BCUT2D eigenvalue weighted by Gasteiger charge is 2.44. The van der Waals surface area contributed by atoms with Crippen molar-refractivity contribution in [2.45, 2.75) is 23.4 Å². The summed E-state index contributed by atoms with van der Waals surface area (Å²) in [7, 11) is -2.40. The molecule has 0 unspecified atom stereocenters. The van der Waals surface area contributed by atoms with Gasteiger partial charge in [0.05, 0.1) is 7.11 Å². The molecular weight excluding hydrogens is 397 g/mol. The lowest BCUT2D eigenvalue weighted by atomic mass is 10.00. The first kappa shape index (κ1) is 19.5. The Morgan fingerprint density at radius 2 is 1.86 bits per heavy atom. The van der Waals surface area contributed by atoms with E-state index in [0.717, 1.165) is 6.07 Å². The standard InChI is InChI=1S/C20H20FN3O4S/c1-28-15-6-4-5-14(13-15)18-19(25)23-20(22-18)9-11-24(12-10-20)29(26,27)17-8-3-2-7-16(17)21/h2-8,13H,9-12H2,1H3,(H,23,25). The van der Waals surface area contributed by atoms with E-state index >= 15 is 0 Å². The van der Waals surface area contributed by atoms with Crippen LogP contribution in [-0.2, 0) is 14.8 Å². The third-order valence-corrected chi connectivity index (χ3v) is 7.17. The number of halogens is 1. The van der Waals surface area contributed by atoms with Crippen molar-refractivity contribution in [3.05, 3.63) is 59.9 Å². The smallest absolute Gasteiger partial charge is 0.272 e. The second-order valence-electron chi connectivity index (χ2n) is 7.01. The summed E-state index contributed by atoms with van der Waals surface area (Å²) in [6.45, 7) is 0.262. The van der Waals surface area contributed by atoms with Crippen LogP contribution in [0.1, 0.15) is 18.4 Å². The van der Waals surface area contributed by atoms with Crippen LogP contribution in [0.5, 0.6) is 5.75 Å². The van der Waals surface area contributed by atoms with E-state index in [1.807, 2.05) is 0 Å². The van der Waals surface area contributed by atoms with Crippen LogP contribution in [0.25, 0.3) is 0 Å². The van der Waals surface area contributed by atoms with Gasteiger partial charge in [0.25, 0.3) is 5.91 Å². The number of carbonyl (C=O) groups is 1. The van der Waals surface area contributed by atoms with E-state index in [1.54, 1.807) is 31.4 Å². The van der Waals surface area contributed by atoms with Gasteiger partial charge in [-0.25, -0.2) is 12.8 Å². The third-order valence-electron chi connectivity index (χ3n) is 5.23. The number of benzene rings is 2. The fourth-order valence-corrected chi connectivity index (χ4v) is 5.16. The van der Waals surface area contributed by atoms with E-state index in [1.165, 1.54) is 22.5 Å². The number of aliphatic imine (C=N–C) groups is 1. The largest absolute Gasteiger partial charge is 0.497 e. The van der Waals surface area contributed by atoms with Crippen LogP contribution in [0.4, 0.5) is 4.39 Å². The van der Waals surface area contributed by atoms with Crippen LogP contribution in [0, 0.1) is 5.82 Å². The molecule has 1 saturated heterocycles. The molecule has 152 valence electrons. The summed E-state index contributed by atoms with van der Waals surface area (Å²) in [5.74, 6) is -0.464. The molecule has 2 aliphatic rings. The van der Waals surface area contributed by atoms with E-state index < -0.39 is 21.5 Å². The van der Waals surface area contributed by atoms with Crippen LogP contribution in [-0.4, -0.2) is 50.2 Å². The number of methoxy groups -OCH3 is 1. The summed E-state index contributed by atoms with van der Waals surface area (Å²) in [5, 5.41) is 2.90. The zero-order chi connectivity index (χ0) is 20.6. The van der Waals surface area contributed by atoms with Crippen molar-refractivity contribution < 1.29 is 22.3 Å². The Kier molecular flexibility index (Phi) is 4.87. The monoisotopic (exact) mass is 417 g/mol. The molecule has 1 fully saturated rings. The van der Waals surface area contributed by atoms with E-state index in [2.05, 4.69) is 10.3 Å². The molecule has 0 saturated carbocycles. The van der Waals surface area contributed by atoms with Crippen molar-refractivity contribution in [2.24, 2.45) is 4.99 Å². The number of nitrogens with zero attached hydrogens (tertiary/aromatic N) is 2. The predicted molar refractivity (Wildman–Crippen MR) is 105 cm³/mol. The molecule has 1 spiro atoms. The van der Waals surface area contributed by atoms with Crippen molar-refractivity contribution in [1.29, 1.82) is 0 Å². The molecular formula is C20H20FN3O4S. The number of amides is 1. The minimum Gasteiger partial charge on any atom is -0.497 e. The van der Waals surface area contributed by atoms with Crippen LogP contribution in [0.3, 0.4) is 0 Å². The van der Waals surface area contributed by atoms with Crippen molar-refractivity contribution in [1.82, 2.24) is 9.62 Å². The van der Waals surface area contributed by atoms with Gasteiger partial charge in [0.1, 0.15) is 27.8 Å². The normalized spacial score (nSPS) is 19.1. The zero-order valence-electron chi connectivity index (χ0n) is 15.8. The van der Waals surface area contributed by atoms with Crippen LogP contribution in [0.15, 0.2) is 58.4 Å². The van der Waals surface area contributed by atoms with Crippen molar-refractivity contribution in [3.8, 4) is 5.75 Å². The van der Waals surface area contributed by atoms with E-state index in [9.17, 15) is 17.6 Å². The SMILES string of the molecule is COc1cccc(C2=NC3(CCN(S(=O)(=O)c4ccccc4F)CC3)NC2=O)c1. The van der Waals surface area contributed by atoms with E-state index in [-0.39, 0.29) is 23.9 Å². The highest BCUT2D eigenvalue weighted by atomic mass is 32.2. The number of hydrogen-bond acceptors (Lipinski definition) is 5. The summed E-state index contributed by atoms with van der Waals surface area (Å²) < 4.78 is 46.0. The molecule has 1 N–H and O–H groups in total. The van der Waals surface area contributed by atoms with Gasteiger partial charge in [-0.3, -0.25) is 9.79 Å².